The molecule has 3 heterocycles. The maximum absolute atomic E-state index is 12.7. The Kier molecular flexibility index (Phi) is 4.14. The van der Waals surface area contributed by atoms with Crippen molar-refractivity contribution in [2.24, 2.45) is 0 Å². The van der Waals surface area contributed by atoms with Gasteiger partial charge in [-0.15, -0.1) is 0 Å². The first-order valence-electron chi connectivity index (χ1n) is 8.74. The predicted octanol–water partition coefficient (Wildman–Crippen LogP) is 1.80. The van der Waals surface area contributed by atoms with Gasteiger partial charge in [0.2, 0.25) is 5.91 Å². The first-order valence-corrected chi connectivity index (χ1v) is 8.74. The second-order valence-electron chi connectivity index (χ2n) is 7.02. The van der Waals surface area contributed by atoms with E-state index in [0.717, 1.165) is 11.3 Å². The number of carbonyl (C=O) groups excluding carboxylic acids is 2. The summed E-state index contributed by atoms with van der Waals surface area (Å²) in [5.41, 5.74) is 1.37. The third-order valence-electron chi connectivity index (χ3n) is 5.07. The van der Waals surface area contributed by atoms with Gasteiger partial charge in [-0.3, -0.25) is 9.69 Å². The van der Waals surface area contributed by atoms with Crippen molar-refractivity contribution in [3.63, 3.8) is 0 Å². The minimum atomic E-state index is -0.510. The standard InChI is InChI=1S/C19H21N3O4/c1-14-9-16(26-20-14)10-17(23)21-7-8-22-18(24)25-13-19(22,12-21)11-15-5-3-2-4-6-15/h2-6,9H,7-8,10-13H2,1H3. The van der Waals surface area contributed by atoms with Crippen LogP contribution in [0.25, 0.3) is 0 Å². The Labute approximate surface area is 151 Å². The maximum atomic E-state index is 12.7. The molecule has 1 aromatic carbocycles. The number of aromatic nitrogens is 1. The van der Waals surface area contributed by atoms with Gasteiger partial charge in [-0.05, 0) is 12.5 Å². The summed E-state index contributed by atoms with van der Waals surface area (Å²) < 4.78 is 10.5. The third kappa shape index (κ3) is 3.05. The van der Waals surface area contributed by atoms with Gasteiger partial charge in [0, 0.05) is 32.1 Å². The fraction of sp³-hybridized carbons (Fsp3) is 0.421. The number of nitrogens with zero attached hydrogens (tertiary/aromatic N) is 3. The number of hydrogen-bond acceptors (Lipinski definition) is 5. The van der Waals surface area contributed by atoms with Crippen molar-refractivity contribution in [2.45, 2.75) is 25.3 Å². The van der Waals surface area contributed by atoms with Gasteiger partial charge < -0.3 is 14.2 Å². The van der Waals surface area contributed by atoms with Crippen LogP contribution in [0.5, 0.6) is 0 Å². The monoisotopic (exact) mass is 355 g/mol. The van der Waals surface area contributed by atoms with Crippen LogP contribution in [0.3, 0.4) is 0 Å². The van der Waals surface area contributed by atoms with Gasteiger partial charge in [-0.1, -0.05) is 35.5 Å². The molecule has 7 nitrogen and oxygen atoms in total. The van der Waals surface area contributed by atoms with Gasteiger partial charge in [0.1, 0.15) is 17.9 Å². The smallest absolute Gasteiger partial charge is 0.410 e. The molecule has 0 spiro atoms. The van der Waals surface area contributed by atoms with Crippen molar-refractivity contribution in [1.82, 2.24) is 15.0 Å². The van der Waals surface area contributed by atoms with E-state index in [0.29, 0.717) is 38.4 Å². The van der Waals surface area contributed by atoms with E-state index in [2.05, 4.69) is 5.16 Å². The Morgan fingerprint density at radius 2 is 2.08 bits per heavy atom. The number of aryl methyl sites for hydroxylation is 1. The molecular weight excluding hydrogens is 334 g/mol. The van der Waals surface area contributed by atoms with Crippen LogP contribution in [0.4, 0.5) is 4.79 Å². The van der Waals surface area contributed by atoms with Crippen LogP contribution in [-0.2, 0) is 22.4 Å². The molecule has 1 aromatic heterocycles. The van der Waals surface area contributed by atoms with Gasteiger partial charge >= 0.3 is 6.09 Å². The average Bonchev–Trinajstić information content (AvgIpc) is 3.19. The molecule has 0 aliphatic carbocycles. The highest BCUT2D eigenvalue weighted by Gasteiger charge is 2.51. The number of ether oxygens (including phenoxy) is 1. The van der Waals surface area contributed by atoms with E-state index in [1.54, 1.807) is 15.9 Å². The van der Waals surface area contributed by atoms with E-state index in [1.165, 1.54) is 0 Å². The van der Waals surface area contributed by atoms with Crippen molar-refractivity contribution < 1.29 is 18.8 Å². The molecule has 2 saturated heterocycles. The van der Waals surface area contributed by atoms with E-state index in [1.807, 2.05) is 37.3 Å². The zero-order valence-electron chi connectivity index (χ0n) is 14.7. The summed E-state index contributed by atoms with van der Waals surface area (Å²) in [5, 5.41) is 3.83. The van der Waals surface area contributed by atoms with Crippen LogP contribution in [-0.4, -0.2) is 58.7 Å². The zero-order valence-corrected chi connectivity index (χ0v) is 14.7. The number of carbonyl (C=O) groups is 2. The van der Waals surface area contributed by atoms with Crippen molar-refractivity contribution >= 4 is 12.0 Å². The third-order valence-corrected chi connectivity index (χ3v) is 5.07. The van der Waals surface area contributed by atoms with Crippen LogP contribution in [0.15, 0.2) is 40.9 Å². The van der Waals surface area contributed by atoms with Crippen molar-refractivity contribution in [1.29, 1.82) is 0 Å². The van der Waals surface area contributed by atoms with Gasteiger partial charge in [-0.2, -0.15) is 0 Å². The summed E-state index contributed by atoms with van der Waals surface area (Å²) >= 11 is 0. The highest BCUT2D eigenvalue weighted by Crippen LogP contribution is 2.32. The molecule has 0 radical (unpaired) electrons. The molecule has 0 bridgehead atoms. The number of rotatable bonds is 4. The zero-order chi connectivity index (χ0) is 18.1. The molecule has 1 unspecified atom stereocenters. The first kappa shape index (κ1) is 16.6. The Bertz CT molecular complexity index is 819. The van der Waals surface area contributed by atoms with Gasteiger partial charge in [0.25, 0.3) is 0 Å². The fourth-order valence-electron chi connectivity index (χ4n) is 3.81. The highest BCUT2D eigenvalue weighted by molar-refractivity contribution is 5.79. The van der Waals surface area contributed by atoms with Gasteiger partial charge in [0.05, 0.1) is 12.1 Å². The second-order valence-corrected chi connectivity index (χ2v) is 7.02. The van der Waals surface area contributed by atoms with E-state index in [-0.39, 0.29) is 18.4 Å². The molecule has 7 heteroatoms. The number of cyclic esters (lactones) is 1. The van der Waals surface area contributed by atoms with Crippen LogP contribution >= 0.6 is 0 Å². The predicted molar refractivity (Wildman–Crippen MR) is 92.5 cm³/mol. The molecule has 26 heavy (non-hydrogen) atoms. The lowest BCUT2D eigenvalue weighted by Crippen LogP contribution is -2.63. The topological polar surface area (TPSA) is 75.9 Å². The second kappa shape index (κ2) is 6.48. The summed E-state index contributed by atoms with van der Waals surface area (Å²) in [6, 6.07) is 11.8. The molecule has 0 N–H and O–H groups in total. The largest absolute Gasteiger partial charge is 0.447 e. The fourth-order valence-corrected chi connectivity index (χ4v) is 3.81. The van der Waals surface area contributed by atoms with Crippen LogP contribution in [0.1, 0.15) is 17.0 Å². The Morgan fingerprint density at radius 3 is 2.81 bits per heavy atom. The molecule has 1 atom stereocenters. The molecule has 136 valence electrons. The number of piperazine rings is 1. The number of benzene rings is 1. The van der Waals surface area contributed by atoms with Crippen molar-refractivity contribution in [2.75, 3.05) is 26.2 Å². The maximum Gasteiger partial charge on any atom is 0.410 e. The molecule has 2 aliphatic rings. The Balaban J connectivity index is 1.53. The first-order chi connectivity index (χ1) is 12.6. The lowest BCUT2D eigenvalue weighted by atomic mass is 9.88. The van der Waals surface area contributed by atoms with Gasteiger partial charge in [-0.25, -0.2) is 4.79 Å². The molecule has 2 aromatic rings. The number of fused-ring (bicyclic) bond motifs is 1. The van der Waals surface area contributed by atoms with Crippen LogP contribution in [0.2, 0.25) is 0 Å². The Morgan fingerprint density at radius 1 is 1.27 bits per heavy atom. The van der Waals surface area contributed by atoms with Crippen molar-refractivity contribution in [3.8, 4) is 0 Å². The molecule has 2 aliphatic heterocycles. The molecule has 4 rings (SSSR count). The van der Waals surface area contributed by atoms with E-state index < -0.39 is 5.54 Å². The summed E-state index contributed by atoms with van der Waals surface area (Å²) in [4.78, 5) is 28.5. The molecule has 2 fully saturated rings. The van der Waals surface area contributed by atoms with E-state index in [9.17, 15) is 9.59 Å². The summed E-state index contributed by atoms with van der Waals surface area (Å²) in [5.74, 6) is 0.540. The van der Waals surface area contributed by atoms with E-state index in [4.69, 9.17) is 9.26 Å². The average molecular weight is 355 g/mol. The highest BCUT2D eigenvalue weighted by atomic mass is 16.6. The normalized spacial score (nSPS) is 22.3. The minimum Gasteiger partial charge on any atom is -0.447 e. The Hall–Kier alpha value is -2.83. The van der Waals surface area contributed by atoms with Crippen LogP contribution in [0, 0.1) is 6.92 Å². The van der Waals surface area contributed by atoms with Crippen molar-refractivity contribution in [3.05, 3.63) is 53.4 Å². The van der Waals surface area contributed by atoms with Crippen LogP contribution < -0.4 is 0 Å². The summed E-state index contributed by atoms with van der Waals surface area (Å²) in [7, 11) is 0. The molecule has 2 amide bonds. The lowest BCUT2D eigenvalue weighted by Gasteiger charge is -2.44. The van der Waals surface area contributed by atoms with Gasteiger partial charge in [0.15, 0.2) is 0 Å². The lowest BCUT2D eigenvalue weighted by molar-refractivity contribution is -0.134. The SMILES string of the molecule is Cc1cc(CC(=O)N2CCN3C(=O)OCC3(Cc3ccccc3)C2)on1. The minimum absolute atomic E-state index is 0.0208. The quantitative estimate of drug-likeness (QED) is 0.836. The van der Waals surface area contributed by atoms with E-state index >= 15 is 0 Å². The summed E-state index contributed by atoms with van der Waals surface area (Å²) in [6.07, 6.45) is 0.542. The summed E-state index contributed by atoms with van der Waals surface area (Å²) in [6.45, 7) is 3.56. The number of hydrogen-bond donors (Lipinski definition) is 0. The number of amides is 2. The molecular formula is C19H21N3O4. The molecule has 0 saturated carbocycles.